The molecule has 25 heavy (non-hydrogen) atoms. The highest BCUT2D eigenvalue weighted by Gasteiger charge is 2.33. The van der Waals surface area contributed by atoms with Crippen molar-refractivity contribution in [2.75, 3.05) is 11.4 Å². The molecule has 1 atom stereocenters. The van der Waals surface area contributed by atoms with Gasteiger partial charge in [-0.15, -0.1) is 0 Å². The van der Waals surface area contributed by atoms with Gasteiger partial charge in [-0.1, -0.05) is 35.9 Å². The van der Waals surface area contributed by atoms with Crippen LogP contribution in [0.2, 0.25) is 0 Å². The quantitative estimate of drug-likeness (QED) is 0.933. The number of carbonyl (C=O) groups is 2. The van der Waals surface area contributed by atoms with Gasteiger partial charge in [-0.3, -0.25) is 9.59 Å². The third-order valence-corrected chi connectivity index (χ3v) is 4.83. The van der Waals surface area contributed by atoms with Crippen LogP contribution in [0.5, 0.6) is 0 Å². The molecule has 4 nitrogen and oxygen atoms in total. The maximum absolute atomic E-state index is 12.6. The first-order chi connectivity index (χ1) is 11.9. The van der Waals surface area contributed by atoms with E-state index in [2.05, 4.69) is 12.2 Å². The van der Waals surface area contributed by atoms with Crippen molar-refractivity contribution in [3.8, 4) is 0 Å². The number of amides is 2. The second kappa shape index (κ2) is 7.09. The molecule has 2 aromatic rings. The van der Waals surface area contributed by atoms with Gasteiger partial charge in [-0.05, 0) is 56.0 Å². The smallest absolute Gasteiger partial charge is 0.249 e. The fourth-order valence-corrected chi connectivity index (χ4v) is 3.10. The third kappa shape index (κ3) is 3.90. The number of carbonyl (C=O) groups excluding carboxylic acids is 2. The number of nitrogens with one attached hydrogen (secondary N) is 1. The van der Waals surface area contributed by atoms with E-state index in [-0.39, 0.29) is 11.8 Å². The van der Waals surface area contributed by atoms with Crippen molar-refractivity contribution in [3.63, 3.8) is 0 Å². The van der Waals surface area contributed by atoms with Crippen molar-refractivity contribution in [3.05, 3.63) is 64.7 Å². The summed E-state index contributed by atoms with van der Waals surface area (Å²) in [5, 5.41) is 2.89. The Kier molecular flexibility index (Phi) is 4.88. The molecule has 1 fully saturated rings. The van der Waals surface area contributed by atoms with Crippen molar-refractivity contribution in [2.45, 2.75) is 39.7 Å². The van der Waals surface area contributed by atoms with Gasteiger partial charge in [0.15, 0.2) is 0 Å². The van der Waals surface area contributed by atoms with Crippen LogP contribution in [0.1, 0.15) is 28.7 Å². The minimum Gasteiger partial charge on any atom is -0.344 e. The van der Waals surface area contributed by atoms with E-state index in [1.54, 1.807) is 4.90 Å². The first-order valence-corrected chi connectivity index (χ1v) is 8.67. The van der Waals surface area contributed by atoms with Crippen LogP contribution in [0, 0.1) is 20.8 Å². The molecule has 1 aliphatic rings. The van der Waals surface area contributed by atoms with Gasteiger partial charge in [-0.2, -0.15) is 0 Å². The normalized spacial score (nSPS) is 17.0. The highest BCUT2D eigenvalue weighted by molar-refractivity contribution is 6.01. The zero-order valence-electron chi connectivity index (χ0n) is 15.0. The van der Waals surface area contributed by atoms with Gasteiger partial charge in [0, 0.05) is 12.2 Å². The molecule has 1 N–H and O–H groups in total. The third-order valence-electron chi connectivity index (χ3n) is 4.83. The average molecular weight is 336 g/mol. The summed E-state index contributed by atoms with van der Waals surface area (Å²) in [6.07, 6.45) is 0.944. The van der Waals surface area contributed by atoms with Crippen molar-refractivity contribution < 1.29 is 9.59 Å². The highest BCUT2D eigenvalue weighted by Crippen LogP contribution is 2.24. The summed E-state index contributed by atoms with van der Waals surface area (Å²) in [6, 6.07) is 13.5. The summed E-state index contributed by atoms with van der Waals surface area (Å²) in [6.45, 7) is 6.75. The SMILES string of the molecule is Cc1ccc(CC(=O)NC2CCN(c3ccc(C)c(C)c3)C2=O)cc1. The van der Waals surface area contributed by atoms with Gasteiger partial charge in [0.25, 0.3) is 0 Å². The minimum atomic E-state index is -0.431. The van der Waals surface area contributed by atoms with Crippen LogP contribution in [0.25, 0.3) is 0 Å². The highest BCUT2D eigenvalue weighted by atomic mass is 16.2. The predicted octanol–water partition coefficient (Wildman–Crippen LogP) is 3.08. The van der Waals surface area contributed by atoms with Gasteiger partial charge >= 0.3 is 0 Å². The van der Waals surface area contributed by atoms with Crippen LogP contribution in [-0.4, -0.2) is 24.4 Å². The molecule has 1 heterocycles. The Morgan fingerprint density at radius 1 is 1.08 bits per heavy atom. The van der Waals surface area contributed by atoms with Crippen molar-refractivity contribution in [2.24, 2.45) is 0 Å². The fraction of sp³-hybridized carbons (Fsp3) is 0.333. The Labute approximate surface area is 148 Å². The molecule has 130 valence electrons. The molecular weight excluding hydrogens is 312 g/mol. The minimum absolute atomic E-state index is 0.0273. The molecule has 1 unspecified atom stereocenters. The summed E-state index contributed by atoms with van der Waals surface area (Å²) in [5.74, 6) is -0.135. The number of nitrogens with zero attached hydrogens (tertiary/aromatic N) is 1. The van der Waals surface area contributed by atoms with E-state index in [0.29, 0.717) is 19.4 Å². The van der Waals surface area contributed by atoms with Gasteiger partial charge in [0.05, 0.1) is 6.42 Å². The molecule has 1 saturated heterocycles. The van der Waals surface area contributed by atoms with Crippen LogP contribution in [0.15, 0.2) is 42.5 Å². The molecule has 0 saturated carbocycles. The summed E-state index contributed by atoms with van der Waals surface area (Å²) in [7, 11) is 0. The lowest BCUT2D eigenvalue weighted by atomic mass is 10.1. The summed E-state index contributed by atoms with van der Waals surface area (Å²) >= 11 is 0. The second-order valence-electron chi connectivity index (χ2n) is 6.83. The summed E-state index contributed by atoms with van der Waals surface area (Å²) in [4.78, 5) is 26.7. The molecular formula is C21H24N2O2. The Bertz CT molecular complexity index is 796. The van der Waals surface area contributed by atoms with E-state index in [4.69, 9.17) is 0 Å². The van der Waals surface area contributed by atoms with Crippen molar-refractivity contribution >= 4 is 17.5 Å². The molecule has 0 radical (unpaired) electrons. The summed E-state index contributed by atoms with van der Waals surface area (Å²) in [5.41, 5.74) is 5.40. The molecule has 2 amide bonds. The Morgan fingerprint density at radius 3 is 2.48 bits per heavy atom. The molecule has 2 aromatic carbocycles. The first kappa shape index (κ1) is 17.2. The molecule has 0 spiro atoms. The Morgan fingerprint density at radius 2 is 1.80 bits per heavy atom. The average Bonchev–Trinajstić information content (AvgIpc) is 2.93. The fourth-order valence-electron chi connectivity index (χ4n) is 3.10. The Hall–Kier alpha value is -2.62. The Balaban J connectivity index is 1.62. The van der Waals surface area contributed by atoms with Crippen LogP contribution in [0.4, 0.5) is 5.69 Å². The largest absolute Gasteiger partial charge is 0.344 e. The topological polar surface area (TPSA) is 49.4 Å². The predicted molar refractivity (Wildman–Crippen MR) is 99.7 cm³/mol. The van der Waals surface area contributed by atoms with Crippen LogP contribution in [-0.2, 0) is 16.0 Å². The zero-order chi connectivity index (χ0) is 18.0. The number of hydrogen-bond acceptors (Lipinski definition) is 2. The molecule has 0 aromatic heterocycles. The van der Waals surface area contributed by atoms with Crippen LogP contribution in [0.3, 0.4) is 0 Å². The first-order valence-electron chi connectivity index (χ1n) is 8.67. The lowest BCUT2D eigenvalue weighted by Gasteiger charge is -2.18. The van der Waals surface area contributed by atoms with E-state index < -0.39 is 6.04 Å². The maximum Gasteiger partial charge on any atom is 0.249 e. The van der Waals surface area contributed by atoms with E-state index in [1.165, 1.54) is 11.1 Å². The standard InChI is InChI=1S/C21H24N2O2/c1-14-4-7-17(8-5-14)13-20(24)22-19-10-11-23(21(19)25)18-9-6-15(2)16(3)12-18/h4-9,12,19H,10-11,13H2,1-3H3,(H,22,24). The van der Waals surface area contributed by atoms with Crippen molar-refractivity contribution in [1.82, 2.24) is 5.32 Å². The molecule has 0 bridgehead atoms. The van der Waals surface area contributed by atoms with E-state index >= 15 is 0 Å². The zero-order valence-corrected chi connectivity index (χ0v) is 15.0. The van der Waals surface area contributed by atoms with E-state index in [9.17, 15) is 9.59 Å². The van der Waals surface area contributed by atoms with E-state index in [0.717, 1.165) is 16.8 Å². The molecule has 1 aliphatic heterocycles. The monoisotopic (exact) mass is 336 g/mol. The van der Waals surface area contributed by atoms with E-state index in [1.807, 2.05) is 56.3 Å². The number of benzene rings is 2. The lowest BCUT2D eigenvalue weighted by Crippen LogP contribution is -2.42. The number of hydrogen-bond donors (Lipinski definition) is 1. The molecule has 4 heteroatoms. The molecule has 0 aliphatic carbocycles. The lowest BCUT2D eigenvalue weighted by molar-refractivity contribution is -0.126. The van der Waals surface area contributed by atoms with Gasteiger partial charge in [-0.25, -0.2) is 0 Å². The van der Waals surface area contributed by atoms with Gasteiger partial charge in [0.2, 0.25) is 11.8 Å². The number of rotatable bonds is 4. The van der Waals surface area contributed by atoms with Gasteiger partial charge < -0.3 is 10.2 Å². The maximum atomic E-state index is 12.6. The number of anilines is 1. The number of aryl methyl sites for hydroxylation is 3. The van der Waals surface area contributed by atoms with Crippen molar-refractivity contribution in [1.29, 1.82) is 0 Å². The van der Waals surface area contributed by atoms with Gasteiger partial charge in [0.1, 0.15) is 6.04 Å². The molecule has 3 rings (SSSR count). The summed E-state index contributed by atoms with van der Waals surface area (Å²) < 4.78 is 0. The van der Waals surface area contributed by atoms with Crippen LogP contribution >= 0.6 is 0 Å². The van der Waals surface area contributed by atoms with Crippen LogP contribution < -0.4 is 10.2 Å². The second-order valence-corrected chi connectivity index (χ2v) is 6.83.